The normalized spacial score (nSPS) is 18.0. The number of aliphatic carboxylic acids is 1. The Bertz CT molecular complexity index is 597. The molecule has 1 N–H and O–H groups in total. The van der Waals surface area contributed by atoms with Crippen molar-refractivity contribution < 1.29 is 23.1 Å². The minimum absolute atomic E-state index is 0.0485. The number of imidazole rings is 1. The van der Waals surface area contributed by atoms with Gasteiger partial charge in [-0.25, -0.2) is 18.2 Å². The molecule has 0 unspecified atom stereocenters. The predicted molar refractivity (Wildman–Crippen MR) is 73.3 cm³/mol. The largest absolute Gasteiger partial charge is 0.480 e. The molecule has 0 amide bonds. The molecule has 1 fully saturated rings. The number of sulfonamides is 1. The molecule has 0 aliphatic carbocycles. The van der Waals surface area contributed by atoms with Gasteiger partial charge in [-0.05, 0) is 19.8 Å². The highest BCUT2D eigenvalue weighted by atomic mass is 32.2. The molecule has 21 heavy (non-hydrogen) atoms. The van der Waals surface area contributed by atoms with Crippen LogP contribution in [0, 0.1) is 6.92 Å². The Kier molecular flexibility index (Phi) is 4.64. The molecule has 2 rings (SSSR count). The number of carboxylic acid groups (broad SMARTS) is 1. The van der Waals surface area contributed by atoms with Crippen LogP contribution in [0.1, 0.15) is 18.7 Å². The molecule has 1 aliphatic rings. The standard InChI is InChI=1S/C12H19N3O5S/c1-9-13-11(7-14(9)2)21(18,19)15-5-3-10(4-6-15)20-8-12(16)17/h7,10H,3-6,8H2,1-2H3,(H,16,17). The van der Waals surface area contributed by atoms with Crippen molar-refractivity contribution in [3.8, 4) is 0 Å². The molecule has 0 atom stereocenters. The van der Waals surface area contributed by atoms with Gasteiger partial charge in [0.25, 0.3) is 10.0 Å². The second-order valence-corrected chi connectivity index (χ2v) is 6.93. The number of ether oxygens (including phenoxy) is 1. The molecule has 1 aromatic heterocycles. The van der Waals surface area contributed by atoms with E-state index in [1.54, 1.807) is 18.5 Å². The van der Waals surface area contributed by atoms with E-state index in [9.17, 15) is 13.2 Å². The SMILES string of the molecule is Cc1nc(S(=O)(=O)N2CCC(OCC(=O)O)CC2)cn1C. The number of hydrogen-bond acceptors (Lipinski definition) is 5. The Morgan fingerprint density at radius 3 is 2.57 bits per heavy atom. The van der Waals surface area contributed by atoms with Crippen LogP contribution in [0.3, 0.4) is 0 Å². The zero-order valence-electron chi connectivity index (χ0n) is 12.0. The Balaban J connectivity index is 1.99. The Hall–Kier alpha value is -1.45. The molecule has 0 bridgehead atoms. The molecular weight excluding hydrogens is 298 g/mol. The topological polar surface area (TPSA) is 102 Å². The molecular formula is C12H19N3O5S. The maximum Gasteiger partial charge on any atom is 0.329 e. The van der Waals surface area contributed by atoms with Crippen LogP contribution < -0.4 is 0 Å². The van der Waals surface area contributed by atoms with Crippen molar-refractivity contribution in [3.63, 3.8) is 0 Å². The van der Waals surface area contributed by atoms with Gasteiger partial charge in [-0.2, -0.15) is 4.31 Å². The van der Waals surface area contributed by atoms with Gasteiger partial charge in [0.15, 0.2) is 5.03 Å². The summed E-state index contributed by atoms with van der Waals surface area (Å²) in [7, 11) is -1.85. The van der Waals surface area contributed by atoms with E-state index in [1.165, 1.54) is 10.5 Å². The van der Waals surface area contributed by atoms with Gasteiger partial charge in [-0.3, -0.25) is 0 Å². The van der Waals surface area contributed by atoms with E-state index in [1.807, 2.05) is 0 Å². The van der Waals surface area contributed by atoms with E-state index in [4.69, 9.17) is 9.84 Å². The van der Waals surface area contributed by atoms with Gasteiger partial charge in [0.1, 0.15) is 12.4 Å². The van der Waals surface area contributed by atoms with Crippen LogP contribution in [0.2, 0.25) is 0 Å². The van der Waals surface area contributed by atoms with Gasteiger partial charge >= 0.3 is 5.97 Å². The quantitative estimate of drug-likeness (QED) is 0.819. The van der Waals surface area contributed by atoms with Crippen molar-refractivity contribution in [2.24, 2.45) is 7.05 Å². The Morgan fingerprint density at radius 1 is 1.48 bits per heavy atom. The highest BCUT2D eigenvalue weighted by Crippen LogP contribution is 2.21. The fourth-order valence-electron chi connectivity index (χ4n) is 2.21. The molecule has 118 valence electrons. The third kappa shape index (κ3) is 3.60. The molecule has 8 nitrogen and oxygen atoms in total. The van der Waals surface area contributed by atoms with E-state index in [2.05, 4.69) is 4.98 Å². The van der Waals surface area contributed by atoms with E-state index in [0.29, 0.717) is 31.8 Å². The number of aryl methyl sites for hydroxylation is 2. The number of nitrogens with zero attached hydrogens (tertiary/aromatic N) is 3. The third-order valence-electron chi connectivity index (χ3n) is 3.53. The fraction of sp³-hybridized carbons (Fsp3) is 0.667. The highest BCUT2D eigenvalue weighted by molar-refractivity contribution is 7.89. The molecule has 0 saturated carbocycles. The summed E-state index contributed by atoms with van der Waals surface area (Å²) in [5.41, 5.74) is 0. The van der Waals surface area contributed by atoms with E-state index < -0.39 is 16.0 Å². The number of aromatic nitrogens is 2. The minimum Gasteiger partial charge on any atom is -0.480 e. The lowest BCUT2D eigenvalue weighted by atomic mass is 10.1. The van der Waals surface area contributed by atoms with E-state index in [0.717, 1.165) is 0 Å². The number of rotatable bonds is 5. The fourth-order valence-corrected chi connectivity index (χ4v) is 3.71. The van der Waals surface area contributed by atoms with Crippen LogP contribution in [0.25, 0.3) is 0 Å². The summed E-state index contributed by atoms with van der Waals surface area (Å²) in [6, 6.07) is 0. The lowest BCUT2D eigenvalue weighted by molar-refractivity contribution is -0.145. The van der Waals surface area contributed by atoms with Crippen LogP contribution in [-0.2, 0) is 26.6 Å². The molecule has 0 radical (unpaired) electrons. The summed E-state index contributed by atoms with van der Waals surface area (Å²) < 4.78 is 33.1. The molecule has 2 heterocycles. The highest BCUT2D eigenvalue weighted by Gasteiger charge is 2.31. The van der Waals surface area contributed by atoms with Crippen LogP contribution in [0.4, 0.5) is 0 Å². The molecule has 1 aromatic rings. The number of hydrogen-bond donors (Lipinski definition) is 1. The zero-order chi connectivity index (χ0) is 15.6. The van der Waals surface area contributed by atoms with Crippen molar-refractivity contribution in [3.05, 3.63) is 12.0 Å². The second-order valence-electron chi connectivity index (χ2n) is 5.05. The van der Waals surface area contributed by atoms with Crippen molar-refractivity contribution >= 4 is 16.0 Å². The summed E-state index contributed by atoms with van der Waals surface area (Å²) in [4.78, 5) is 14.5. The van der Waals surface area contributed by atoms with Gasteiger partial charge in [-0.1, -0.05) is 0 Å². The maximum absolute atomic E-state index is 12.4. The van der Waals surface area contributed by atoms with E-state index >= 15 is 0 Å². The van der Waals surface area contributed by atoms with Crippen LogP contribution in [0.5, 0.6) is 0 Å². The summed E-state index contributed by atoms with van der Waals surface area (Å²) in [5.74, 6) is -0.387. The van der Waals surface area contributed by atoms with Gasteiger partial charge < -0.3 is 14.4 Å². The van der Waals surface area contributed by atoms with Crippen LogP contribution in [0.15, 0.2) is 11.2 Å². The summed E-state index contributed by atoms with van der Waals surface area (Å²) in [6.07, 6.45) is 2.26. The first-order chi connectivity index (χ1) is 9.80. The summed E-state index contributed by atoms with van der Waals surface area (Å²) >= 11 is 0. The van der Waals surface area contributed by atoms with Crippen molar-refractivity contribution in [1.82, 2.24) is 13.9 Å². The molecule has 1 aliphatic heterocycles. The zero-order valence-corrected chi connectivity index (χ0v) is 12.8. The van der Waals surface area contributed by atoms with Crippen molar-refractivity contribution in [2.75, 3.05) is 19.7 Å². The first kappa shape index (κ1) is 15.9. The lowest BCUT2D eigenvalue weighted by Gasteiger charge is -2.30. The minimum atomic E-state index is -3.59. The van der Waals surface area contributed by atoms with Gasteiger partial charge in [0, 0.05) is 26.3 Å². The van der Waals surface area contributed by atoms with Gasteiger partial charge in [0.2, 0.25) is 0 Å². The van der Waals surface area contributed by atoms with Crippen molar-refractivity contribution in [1.29, 1.82) is 0 Å². The average molecular weight is 317 g/mol. The first-order valence-electron chi connectivity index (χ1n) is 6.64. The predicted octanol–water partition coefficient (Wildman–Crippen LogP) is -0.0172. The first-order valence-corrected chi connectivity index (χ1v) is 8.08. The summed E-state index contributed by atoms with van der Waals surface area (Å²) in [6.45, 7) is 2.01. The molecule has 0 aromatic carbocycles. The van der Waals surface area contributed by atoms with Crippen LogP contribution in [-0.4, -0.2) is 59.2 Å². The monoisotopic (exact) mass is 317 g/mol. The Morgan fingerprint density at radius 2 is 2.10 bits per heavy atom. The molecule has 1 saturated heterocycles. The maximum atomic E-state index is 12.4. The van der Waals surface area contributed by atoms with Gasteiger partial charge in [0.05, 0.1) is 6.10 Å². The third-order valence-corrected chi connectivity index (χ3v) is 5.30. The lowest BCUT2D eigenvalue weighted by Crippen LogP contribution is -2.41. The number of piperidine rings is 1. The number of carboxylic acids is 1. The number of carbonyl (C=O) groups is 1. The summed E-state index contributed by atoms with van der Waals surface area (Å²) in [5, 5.41) is 8.61. The van der Waals surface area contributed by atoms with E-state index in [-0.39, 0.29) is 17.7 Å². The molecule has 0 spiro atoms. The second kappa shape index (κ2) is 6.12. The smallest absolute Gasteiger partial charge is 0.329 e. The van der Waals surface area contributed by atoms with Gasteiger partial charge in [-0.15, -0.1) is 0 Å². The van der Waals surface area contributed by atoms with Crippen LogP contribution >= 0.6 is 0 Å². The molecule has 9 heteroatoms. The Labute approximate surface area is 123 Å². The van der Waals surface area contributed by atoms with Crippen molar-refractivity contribution in [2.45, 2.75) is 30.9 Å². The average Bonchev–Trinajstić information content (AvgIpc) is 2.77.